The number of carbonyl (C=O) groups is 1. The fourth-order valence-corrected chi connectivity index (χ4v) is 2.39. The van der Waals surface area contributed by atoms with Crippen LogP contribution in [0.3, 0.4) is 0 Å². The van der Waals surface area contributed by atoms with Crippen molar-refractivity contribution < 1.29 is 24.2 Å². The van der Waals surface area contributed by atoms with Crippen molar-refractivity contribution in [1.82, 2.24) is 0 Å². The van der Waals surface area contributed by atoms with E-state index in [1.165, 1.54) is 0 Å². The van der Waals surface area contributed by atoms with E-state index in [1.54, 1.807) is 12.1 Å². The molecule has 1 amide bonds. The van der Waals surface area contributed by atoms with Crippen molar-refractivity contribution in [3.63, 3.8) is 0 Å². The van der Waals surface area contributed by atoms with Crippen molar-refractivity contribution in [3.8, 4) is 11.5 Å². The Balaban J connectivity index is 2.00. The van der Waals surface area contributed by atoms with Crippen molar-refractivity contribution >= 4 is 12.7 Å². The Hall–Kier alpha value is -1.93. The maximum absolute atomic E-state index is 11.8. The van der Waals surface area contributed by atoms with Gasteiger partial charge in [-0.1, -0.05) is 12.4 Å². The maximum Gasteiger partial charge on any atom is 0.430 e. The largest absolute Gasteiger partial charge is 0.669 e. The molecule has 2 N–H and O–H groups in total. The third kappa shape index (κ3) is 2.91. The Morgan fingerprint density at radius 2 is 2.19 bits per heavy atom. The van der Waals surface area contributed by atoms with Gasteiger partial charge in [0.15, 0.2) is 0 Å². The van der Waals surface area contributed by atoms with E-state index in [0.717, 1.165) is 12.8 Å². The molecule has 3 rings (SSSR count). The Morgan fingerprint density at radius 1 is 1.43 bits per heavy atom. The summed E-state index contributed by atoms with van der Waals surface area (Å²) in [5, 5.41) is 21.7. The van der Waals surface area contributed by atoms with Crippen LogP contribution in [0.5, 0.6) is 11.5 Å². The molecule has 0 atom stereocenters. The Morgan fingerprint density at radius 3 is 2.86 bits per heavy atom. The molecule has 0 bridgehead atoms. The number of nitrogens with zero attached hydrogens (tertiary/aromatic N) is 1. The second-order valence-corrected chi connectivity index (χ2v) is 5.59. The highest BCUT2D eigenvalue weighted by Crippen LogP contribution is 2.39. The van der Waals surface area contributed by atoms with E-state index < -0.39 is 12.7 Å². The van der Waals surface area contributed by atoms with Crippen molar-refractivity contribution in [1.29, 1.82) is 0 Å². The van der Waals surface area contributed by atoms with Crippen molar-refractivity contribution in [2.75, 3.05) is 6.61 Å². The summed E-state index contributed by atoms with van der Waals surface area (Å²) >= 11 is 0. The summed E-state index contributed by atoms with van der Waals surface area (Å²) in [7, 11) is 0. The highest BCUT2D eigenvalue weighted by atomic mass is 16.6. The number of hydrogen-bond acceptors (Lipinski definition) is 6. The smallest absolute Gasteiger partial charge is 0.430 e. The highest BCUT2D eigenvalue weighted by Gasteiger charge is 2.33. The molecule has 1 aromatic carbocycles. The monoisotopic (exact) mass is 292 g/mol. The van der Waals surface area contributed by atoms with Crippen LogP contribution < -0.4 is 9.39 Å². The van der Waals surface area contributed by atoms with Gasteiger partial charge < -0.3 is 19.4 Å². The van der Waals surface area contributed by atoms with Crippen LogP contribution in [0, 0.1) is 10.8 Å². The summed E-state index contributed by atoms with van der Waals surface area (Å²) in [6.07, 6.45) is 2.54. The molecule has 1 aliphatic carbocycles. The van der Waals surface area contributed by atoms with E-state index in [1.807, 2.05) is 0 Å². The highest BCUT2D eigenvalue weighted by molar-refractivity contribution is 6.59. The molecule has 0 aromatic heterocycles. The van der Waals surface area contributed by atoms with Gasteiger partial charge in [0.2, 0.25) is 0 Å². The quantitative estimate of drug-likeness (QED) is 0.639. The van der Waals surface area contributed by atoms with Gasteiger partial charge in [0.25, 0.3) is 0 Å². The lowest BCUT2D eigenvalue weighted by Crippen LogP contribution is -2.45. The van der Waals surface area contributed by atoms with Gasteiger partial charge in [-0.2, -0.15) is 0 Å². The normalized spacial score (nSPS) is 19.3. The third-order valence-electron chi connectivity index (χ3n) is 3.77. The number of amides is 1. The van der Waals surface area contributed by atoms with Crippen LogP contribution in [-0.4, -0.2) is 29.3 Å². The number of ether oxygens (including phenoxy) is 1. The first kappa shape index (κ1) is 14.0. The number of carbonyl (C=O) groups excluding carboxylic acids is 1. The molecular weight excluding hydrogens is 277 g/mol. The first-order valence-corrected chi connectivity index (χ1v) is 6.96. The molecule has 0 spiro atoms. The van der Waals surface area contributed by atoms with E-state index >= 15 is 0 Å². The van der Waals surface area contributed by atoms with Crippen LogP contribution in [0.1, 0.15) is 28.8 Å². The first-order chi connectivity index (χ1) is 10.00. The Kier molecular flexibility index (Phi) is 3.42. The number of fused-ring (bicyclic) bond motifs is 1. The Bertz CT molecular complexity index is 599. The number of hydrogen-bond donors (Lipinski definition) is 2. The summed E-state index contributed by atoms with van der Waals surface area (Å²) in [6, 6.07) is 3.29. The molecule has 0 unspecified atom stereocenters. The SMILES string of the molecule is O=NC(=O)c1c(OCC2CC2)ccc2c1O[B-](O)(O)CC2. The summed E-state index contributed by atoms with van der Waals surface area (Å²) in [5.74, 6) is -0.387. The lowest BCUT2D eigenvalue weighted by atomic mass is 9.70. The number of rotatable bonds is 4. The zero-order valence-electron chi connectivity index (χ0n) is 11.3. The van der Waals surface area contributed by atoms with E-state index in [0.29, 0.717) is 24.5 Å². The topological polar surface area (TPSA) is 105 Å². The Labute approximate surface area is 120 Å². The molecule has 1 aliphatic heterocycles. The molecule has 2 aliphatic rings. The molecule has 112 valence electrons. The van der Waals surface area contributed by atoms with Crippen molar-refractivity contribution in [2.45, 2.75) is 25.6 Å². The van der Waals surface area contributed by atoms with Gasteiger partial charge in [-0.05, 0) is 36.8 Å². The number of nitroso groups, excluding NO2 is 1. The van der Waals surface area contributed by atoms with E-state index in [-0.39, 0.29) is 23.4 Å². The minimum Gasteiger partial charge on any atom is -0.669 e. The van der Waals surface area contributed by atoms with Crippen LogP contribution in [0.15, 0.2) is 17.3 Å². The van der Waals surface area contributed by atoms with Crippen LogP contribution >= 0.6 is 0 Å². The van der Waals surface area contributed by atoms with Crippen molar-refractivity contribution in [2.24, 2.45) is 11.1 Å². The average molecular weight is 292 g/mol. The second kappa shape index (κ2) is 5.12. The zero-order chi connectivity index (χ0) is 15.0. The zero-order valence-corrected chi connectivity index (χ0v) is 11.3. The summed E-state index contributed by atoms with van der Waals surface area (Å²) in [4.78, 5) is 22.4. The molecule has 0 saturated heterocycles. The van der Waals surface area contributed by atoms with Gasteiger partial charge in [-0.3, -0.25) is 4.79 Å². The van der Waals surface area contributed by atoms with Gasteiger partial charge in [-0.25, -0.2) is 0 Å². The molecule has 1 heterocycles. The summed E-state index contributed by atoms with van der Waals surface area (Å²) in [5.41, 5.74) is 0.499. The standard InChI is InChI=1S/C13H15BNO6/c16-13(15-19)11-10(20-7-8-1-2-8)4-3-9-5-6-14(17,18)21-12(9)11/h3-4,8,17-18H,1-2,5-7H2/q-1. The minimum absolute atomic E-state index is 0.0100. The number of benzene rings is 1. The van der Waals surface area contributed by atoms with Crippen molar-refractivity contribution in [3.05, 3.63) is 28.2 Å². The van der Waals surface area contributed by atoms with E-state index in [2.05, 4.69) is 5.18 Å². The molecule has 1 aromatic rings. The lowest BCUT2D eigenvalue weighted by Gasteiger charge is -2.37. The van der Waals surface area contributed by atoms with Gasteiger partial charge in [0.05, 0.1) is 12.4 Å². The van der Waals surface area contributed by atoms with Crippen LogP contribution in [0.2, 0.25) is 6.32 Å². The average Bonchev–Trinajstić information content (AvgIpc) is 3.26. The van der Waals surface area contributed by atoms with Crippen LogP contribution in [0.4, 0.5) is 0 Å². The minimum atomic E-state index is -3.03. The fraction of sp³-hybridized carbons (Fsp3) is 0.462. The van der Waals surface area contributed by atoms with Gasteiger partial charge >= 0.3 is 12.7 Å². The molecule has 7 nitrogen and oxygen atoms in total. The maximum atomic E-state index is 11.8. The van der Waals surface area contributed by atoms with E-state index in [4.69, 9.17) is 9.39 Å². The summed E-state index contributed by atoms with van der Waals surface area (Å²) < 4.78 is 10.7. The van der Waals surface area contributed by atoms with Crippen LogP contribution in [-0.2, 0) is 6.42 Å². The van der Waals surface area contributed by atoms with Gasteiger partial charge in [-0.15, -0.1) is 4.91 Å². The van der Waals surface area contributed by atoms with Gasteiger partial charge in [0.1, 0.15) is 11.3 Å². The third-order valence-corrected chi connectivity index (χ3v) is 3.77. The summed E-state index contributed by atoms with van der Waals surface area (Å²) in [6.45, 7) is -2.58. The predicted molar refractivity (Wildman–Crippen MR) is 74.1 cm³/mol. The molecule has 21 heavy (non-hydrogen) atoms. The number of aryl methyl sites for hydroxylation is 1. The van der Waals surface area contributed by atoms with Crippen LogP contribution in [0.25, 0.3) is 0 Å². The molecular formula is C13H15BNO6-. The molecule has 8 heteroatoms. The first-order valence-electron chi connectivity index (χ1n) is 6.96. The molecule has 1 fully saturated rings. The molecule has 1 saturated carbocycles. The van der Waals surface area contributed by atoms with E-state index in [9.17, 15) is 19.7 Å². The lowest BCUT2D eigenvalue weighted by molar-refractivity contribution is 0.0993. The molecule has 0 radical (unpaired) electrons. The second-order valence-electron chi connectivity index (χ2n) is 5.59. The fourth-order valence-electron chi connectivity index (χ4n) is 2.39. The van der Waals surface area contributed by atoms with Gasteiger partial charge in [0, 0.05) is 5.18 Å². The predicted octanol–water partition coefficient (Wildman–Crippen LogP) is 1.24.